The van der Waals surface area contributed by atoms with Gasteiger partial charge in [0.15, 0.2) is 0 Å². The van der Waals surface area contributed by atoms with E-state index in [-0.39, 0.29) is 22.5 Å². The van der Waals surface area contributed by atoms with Crippen LogP contribution in [-0.2, 0) is 14.8 Å². The first-order valence-corrected chi connectivity index (χ1v) is 7.81. The summed E-state index contributed by atoms with van der Waals surface area (Å²) in [6, 6.07) is 1.02. The Hall–Kier alpha value is -1.87. The van der Waals surface area contributed by atoms with Crippen molar-refractivity contribution in [2.45, 2.75) is 30.9 Å². The lowest BCUT2D eigenvalue weighted by atomic mass is 10.2. The van der Waals surface area contributed by atoms with Gasteiger partial charge in [-0.15, -0.1) is 0 Å². The summed E-state index contributed by atoms with van der Waals surface area (Å²) >= 11 is 0. The summed E-state index contributed by atoms with van der Waals surface area (Å²) < 4.78 is 30.5. The van der Waals surface area contributed by atoms with Gasteiger partial charge in [0.1, 0.15) is 12.3 Å². The van der Waals surface area contributed by atoms with Crippen LogP contribution in [0.2, 0.25) is 0 Å². The van der Waals surface area contributed by atoms with Crippen molar-refractivity contribution in [1.29, 1.82) is 0 Å². The zero-order valence-electron chi connectivity index (χ0n) is 11.6. The molecule has 116 valence electrons. The quantitative estimate of drug-likeness (QED) is 0.773. The second kappa shape index (κ2) is 5.49. The molecule has 0 aliphatic heterocycles. The summed E-state index contributed by atoms with van der Waals surface area (Å²) in [5.74, 6) is -1.50. The number of hydrogen-bond donors (Lipinski definition) is 2. The molecule has 1 aromatic heterocycles. The van der Waals surface area contributed by atoms with Crippen molar-refractivity contribution in [2.24, 2.45) is 0 Å². The largest absolute Gasteiger partial charge is 0.480 e. The topological polar surface area (TPSA) is 117 Å². The van der Waals surface area contributed by atoms with Crippen molar-refractivity contribution in [3.8, 4) is 0 Å². The number of amides is 1. The van der Waals surface area contributed by atoms with Crippen LogP contribution in [0.25, 0.3) is 0 Å². The molecular formula is C12H16N2O6S. The van der Waals surface area contributed by atoms with Crippen LogP contribution in [0.3, 0.4) is 0 Å². The molecule has 9 heteroatoms. The normalized spacial score (nSPS) is 15.0. The number of furan rings is 1. The minimum atomic E-state index is -3.79. The Kier molecular flexibility index (Phi) is 4.06. The van der Waals surface area contributed by atoms with Gasteiger partial charge in [0.25, 0.3) is 15.9 Å². The summed E-state index contributed by atoms with van der Waals surface area (Å²) in [6.45, 7) is 1.05. The van der Waals surface area contributed by atoms with E-state index in [1.165, 1.54) is 18.9 Å². The molecular weight excluding hydrogens is 300 g/mol. The van der Waals surface area contributed by atoms with Crippen LogP contribution in [0, 0.1) is 6.92 Å². The second-order valence-corrected chi connectivity index (χ2v) is 6.62. The minimum Gasteiger partial charge on any atom is -0.480 e. The molecule has 1 amide bonds. The number of carboxylic acids is 1. The number of aliphatic carboxylic acids is 1. The monoisotopic (exact) mass is 316 g/mol. The molecule has 0 radical (unpaired) electrons. The van der Waals surface area contributed by atoms with Crippen LogP contribution in [-0.4, -0.2) is 49.9 Å². The molecule has 1 saturated carbocycles. The fourth-order valence-electron chi connectivity index (χ4n) is 1.95. The lowest BCUT2D eigenvalue weighted by Gasteiger charge is -2.19. The third kappa shape index (κ3) is 3.24. The predicted molar refractivity (Wildman–Crippen MR) is 71.4 cm³/mol. The first-order chi connectivity index (χ1) is 9.76. The van der Waals surface area contributed by atoms with Gasteiger partial charge in [-0.05, 0) is 26.8 Å². The number of carbonyl (C=O) groups excluding carboxylic acids is 1. The molecule has 1 aliphatic carbocycles. The fourth-order valence-corrected chi connectivity index (χ4v) is 2.66. The molecule has 0 bridgehead atoms. The van der Waals surface area contributed by atoms with Crippen molar-refractivity contribution < 1.29 is 27.5 Å². The van der Waals surface area contributed by atoms with E-state index in [2.05, 4.69) is 4.72 Å². The van der Waals surface area contributed by atoms with E-state index in [4.69, 9.17) is 9.52 Å². The van der Waals surface area contributed by atoms with Crippen LogP contribution in [0.15, 0.2) is 15.6 Å². The van der Waals surface area contributed by atoms with E-state index in [1.54, 1.807) is 0 Å². The Labute approximate surface area is 121 Å². The summed E-state index contributed by atoms with van der Waals surface area (Å²) in [5.41, 5.74) is 0.0666. The minimum absolute atomic E-state index is 0.0666. The number of nitrogens with one attached hydrogen (secondary N) is 1. The zero-order chi connectivity index (χ0) is 15.8. The first-order valence-electron chi connectivity index (χ1n) is 6.33. The summed E-state index contributed by atoms with van der Waals surface area (Å²) in [4.78, 5) is 24.5. The van der Waals surface area contributed by atoms with Crippen molar-refractivity contribution in [2.75, 3.05) is 13.6 Å². The number of carboxylic acid groups (broad SMARTS) is 1. The SMILES string of the molecule is CNS(=O)(=O)c1cc(C(=O)N(CC(=O)O)C2CC2)c(C)o1. The van der Waals surface area contributed by atoms with Crippen LogP contribution >= 0.6 is 0 Å². The highest BCUT2D eigenvalue weighted by molar-refractivity contribution is 7.89. The average molecular weight is 316 g/mol. The third-order valence-electron chi connectivity index (χ3n) is 3.21. The van der Waals surface area contributed by atoms with Crippen LogP contribution < -0.4 is 4.72 Å². The highest BCUT2D eigenvalue weighted by Gasteiger charge is 2.36. The number of aryl methyl sites for hydroxylation is 1. The Balaban J connectivity index is 2.32. The summed E-state index contributed by atoms with van der Waals surface area (Å²) in [6.07, 6.45) is 1.50. The van der Waals surface area contributed by atoms with Gasteiger partial charge in [-0.25, -0.2) is 13.1 Å². The van der Waals surface area contributed by atoms with Gasteiger partial charge in [0, 0.05) is 12.1 Å². The molecule has 1 fully saturated rings. The van der Waals surface area contributed by atoms with Gasteiger partial charge in [0.05, 0.1) is 5.56 Å². The molecule has 8 nitrogen and oxygen atoms in total. The second-order valence-electron chi connectivity index (χ2n) is 4.80. The van der Waals surface area contributed by atoms with Gasteiger partial charge in [-0.2, -0.15) is 0 Å². The Morgan fingerprint density at radius 3 is 2.57 bits per heavy atom. The molecule has 1 aliphatic rings. The van der Waals surface area contributed by atoms with E-state index in [9.17, 15) is 18.0 Å². The molecule has 2 N–H and O–H groups in total. The number of nitrogens with zero attached hydrogens (tertiary/aromatic N) is 1. The molecule has 2 rings (SSSR count). The standard InChI is InChI=1S/C12H16N2O6S/c1-7-9(5-11(20-7)21(18,19)13-2)12(17)14(6-10(15)16)8-3-4-8/h5,8,13H,3-4,6H2,1-2H3,(H,15,16). The van der Waals surface area contributed by atoms with E-state index in [1.807, 2.05) is 0 Å². The molecule has 21 heavy (non-hydrogen) atoms. The first kappa shape index (κ1) is 15.5. The van der Waals surface area contributed by atoms with Gasteiger partial charge < -0.3 is 14.4 Å². The number of sulfonamides is 1. The highest BCUT2D eigenvalue weighted by atomic mass is 32.2. The molecule has 0 saturated heterocycles. The maximum absolute atomic E-state index is 12.4. The van der Waals surface area contributed by atoms with Crippen molar-refractivity contribution in [1.82, 2.24) is 9.62 Å². The number of hydrogen-bond acceptors (Lipinski definition) is 5. The number of rotatable bonds is 6. The fraction of sp³-hybridized carbons (Fsp3) is 0.500. The van der Waals surface area contributed by atoms with Gasteiger partial charge in [0.2, 0.25) is 5.09 Å². The van der Waals surface area contributed by atoms with E-state index in [0.717, 1.165) is 18.9 Å². The van der Waals surface area contributed by atoms with Crippen LogP contribution in [0.4, 0.5) is 0 Å². The van der Waals surface area contributed by atoms with Gasteiger partial charge >= 0.3 is 5.97 Å². The molecule has 1 aromatic rings. The van der Waals surface area contributed by atoms with Crippen LogP contribution in [0.5, 0.6) is 0 Å². The molecule has 0 spiro atoms. The lowest BCUT2D eigenvalue weighted by Crippen LogP contribution is -2.37. The van der Waals surface area contributed by atoms with Gasteiger partial charge in [-0.3, -0.25) is 9.59 Å². The zero-order valence-corrected chi connectivity index (χ0v) is 12.4. The van der Waals surface area contributed by atoms with E-state index < -0.39 is 28.4 Å². The van der Waals surface area contributed by atoms with Crippen molar-refractivity contribution in [3.05, 3.63) is 17.4 Å². The van der Waals surface area contributed by atoms with Crippen LogP contribution in [0.1, 0.15) is 29.0 Å². The van der Waals surface area contributed by atoms with E-state index >= 15 is 0 Å². The molecule has 0 aromatic carbocycles. The third-order valence-corrected chi connectivity index (χ3v) is 4.48. The predicted octanol–water partition coefficient (Wildman–Crippen LogP) is 0.185. The Bertz CT molecular complexity index is 674. The highest BCUT2D eigenvalue weighted by Crippen LogP contribution is 2.29. The van der Waals surface area contributed by atoms with Crippen molar-refractivity contribution in [3.63, 3.8) is 0 Å². The molecule has 1 heterocycles. The average Bonchev–Trinajstić information content (AvgIpc) is 3.17. The smallest absolute Gasteiger partial charge is 0.323 e. The summed E-state index contributed by atoms with van der Waals surface area (Å²) in [7, 11) is -2.56. The van der Waals surface area contributed by atoms with E-state index in [0.29, 0.717) is 0 Å². The maximum atomic E-state index is 12.4. The lowest BCUT2D eigenvalue weighted by molar-refractivity contribution is -0.137. The Morgan fingerprint density at radius 1 is 1.48 bits per heavy atom. The van der Waals surface area contributed by atoms with Gasteiger partial charge in [-0.1, -0.05) is 0 Å². The van der Waals surface area contributed by atoms with Crippen molar-refractivity contribution >= 4 is 21.9 Å². The number of carbonyl (C=O) groups is 2. The summed E-state index contributed by atoms with van der Waals surface area (Å²) in [5, 5.41) is 8.51. The maximum Gasteiger partial charge on any atom is 0.323 e. The molecule has 0 unspecified atom stereocenters. The molecule has 0 atom stereocenters. The Morgan fingerprint density at radius 2 is 2.10 bits per heavy atom.